The van der Waals surface area contributed by atoms with Gasteiger partial charge >= 0.3 is 0 Å². The first-order valence-corrected chi connectivity index (χ1v) is 5.25. The molecule has 0 fully saturated rings. The molecule has 0 radical (unpaired) electrons. The summed E-state index contributed by atoms with van der Waals surface area (Å²) in [5.41, 5.74) is 0.967. The Hall–Kier alpha value is -1.91. The number of imidazole rings is 1. The van der Waals surface area contributed by atoms with Gasteiger partial charge in [0.25, 0.3) is 0 Å². The summed E-state index contributed by atoms with van der Waals surface area (Å²) in [5, 5.41) is 3.18. The van der Waals surface area contributed by atoms with E-state index in [1.165, 1.54) is 0 Å². The summed E-state index contributed by atoms with van der Waals surface area (Å²) in [6, 6.07) is 1.88. The highest BCUT2D eigenvalue weighted by Crippen LogP contribution is 2.00. The average molecular weight is 217 g/mol. The van der Waals surface area contributed by atoms with E-state index in [2.05, 4.69) is 20.3 Å². The molecule has 5 heteroatoms. The van der Waals surface area contributed by atoms with Crippen molar-refractivity contribution in [3.63, 3.8) is 0 Å². The highest BCUT2D eigenvalue weighted by atomic mass is 15.1. The van der Waals surface area contributed by atoms with Crippen LogP contribution >= 0.6 is 0 Å². The summed E-state index contributed by atoms with van der Waals surface area (Å²) in [4.78, 5) is 12.6. The lowest BCUT2D eigenvalue weighted by Gasteiger charge is -2.05. The van der Waals surface area contributed by atoms with Crippen molar-refractivity contribution in [1.29, 1.82) is 0 Å². The topological polar surface area (TPSA) is 55.6 Å². The van der Waals surface area contributed by atoms with Gasteiger partial charge in [0.2, 0.25) is 5.95 Å². The Morgan fingerprint density at radius 3 is 2.88 bits per heavy atom. The fraction of sp³-hybridized carbons (Fsp3) is 0.364. The molecule has 84 valence electrons. The molecule has 2 rings (SSSR count). The van der Waals surface area contributed by atoms with Gasteiger partial charge < -0.3 is 9.88 Å². The summed E-state index contributed by atoms with van der Waals surface area (Å²) in [6.07, 6.45) is 6.36. The molecule has 0 aliphatic carbocycles. The predicted octanol–water partition coefficient (Wildman–Crippen LogP) is 1.17. The molecule has 0 aliphatic heterocycles. The molecule has 2 heterocycles. The first kappa shape index (κ1) is 10.6. The van der Waals surface area contributed by atoms with E-state index in [1.54, 1.807) is 12.4 Å². The zero-order valence-electron chi connectivity index (χ0n) is 9.51. The van der Waals surface area contributed by atoms with Gasteiger partial charge in [-0.25, -0.2) is 15.0 Å². The molecule has 0 aromatic carbocycles. The lowest BCUT2D eigenvalue weighted by molar-refractivity contribution is 0.786. The largest absolute Gasteiger partial charge is 0.354 e. The van der Waals surface area contributed by atoms with Crippen LogP contribution in [0.25, 0.3) is 0 Å². The number of aryl methyl sites for hydroxylation is 2. The molecular weight excluding hydrogens is 202 g/mol. The van der Waals surface area contributed by atoms with Gasteiger partial charge in [-0.15, -0.1) is 0 Å². The molecule has 0 amide bonds. The normalized spacial score (nSPS) is 10.4. The van der Waals surface area contributed by atoms with Crippen LogP contribution in [0, 0.1) is 6.92 Å². The number of anilines is 1. The van der Waals surface area contributed by atoms with Crippen LogP contribution in [0.2, 0.25) is 0 Å². The zero-order chi connectivity index (χ0) is 11.4. The van der Waals surface area contributed by atoms with Crippen LogP contribution in [0.5, 0.6) is 0 Å². The minimum Gasteiger partial charge on any atom is -0.354 e. The van der Waals surface area contributed by atoms with Crippen LogP contribution in [-0.4, -0.2) is 26.1 Å². The average Bonchev–Trinajstić information content (AvgIpc) is 2.65. The van der Waals surface area contributed by atoms with Gasteiger partial charge in [0, 0.05) is 44.3 Å². The summed E-state index contributed by atoms with van der Waals surface area (Å²) >= 11 is 0. The van der Waals surface area contributed by atoms with E-state index in [0.29, 0.717) is 5.95 Å². The Morgan fingerprint density at radius 2 is 2.19 bits per heavy atom. The van der Waals surface area contributed by atoms with Crippen molar-refractivity contribution in [2.45, 2.75) is 13.3 Å². The number of aromatic nitrogens is 4. The van der Waals surface area contributed by atoms with E-state index in [-0.39, 0.29) is 0 Å². The maximum absolute atomic E-state index is 4.27. The van der Waals surface area contributed by atoms with Gasteiger partial charge in [-0.2, -0.15) is 0 Å². The van der Waals surface area contributed by atoms with Crippen molar-refractivity contribution in [3.8, 4) is 0 Å². The van der Waals surface area contributed by atoms with E-state index >= 15 is 0 Å². The molecule has 5 nitrogen and oxygen atoms in total. The third-order valence-electron chi connectivity index (χ3n) is 2.35. The highest BCUT2D eigenvalue weighted by molar-refractivity contribution is 5.24. The molecule has 0 atom stereocenters. The van der Waals surface area contributed by atoms with Crippen molar-refractivity contribution in [2.75, 3.05) is 11.9 Å². The summed E-state index contributed by atoms with van der Waals surface area (Å²) in [5.74, 6) is 1.73. The standard InChI is InChI=1S/C11H15N5/c1-9-3-5-13-11(15-9)14-6-4-10-12-7-8-16(10)2/h3,5,7-8H,4,6H2,1-2H3,(H,13,14,15). The Kier molecular flexibility index (Phi) is 3.14. The van der Waals surface area contributed by atoms with Crippen LogP contribution < -0.4 is 5.32 Å². The fourth-order valence-electron chi connectivity index (χ4n) is 1.46. The molecule has 0 unspecified atom stereocenters. The highest BCUT2D eigenvalue weighted by Gasteiger charge is 1.99. The van der Waals surface area contributed by atoms with Gasteiger partial charge in [-0.05, 0) is 13.0 Å². The fourth-order valence-corrected chi connectivity index (χ4v) is 1.46. The zero-order valence-corrected chi connectivity index (χ0v) is 9.51. The minimum absolute atomic E-state index is 0.675. The predicted molar refractivity (Wildman–Crippen MR) is 62.2 cm³/mol. The van der Waals surface area contributed by atoms with Crippen LogP contribution in [-0.2, 0) is 13.5 Å². The maximum atomic E-state index is 4.27. The second-order valence-corrected chi connectivity index (χ2v) is 3.65. The number of nitrogens with one attached hydrogen (secondary N) is 1. The quantitative estimate of drug-likeness (QED) is 0.835. The third kappa shape index (κ3) is 2.56. The van der Waals surface area contributed by atoms with Crippen molar-refractivity contribution in [1.82, 2.24) is 19.5 Å². The Bertz CT molecular complexity index is 463. The molecule has 2 aromatic heterocycles. The van der Waals surface area contributed by atoms with Gasteiger partial charge in [-0.1, -0.05) is 0 Å². The van der Waals surface area contributed by atoms with Gasteiger partial charge in [0.15, 0.2) is 0 Å². The maximum Gasteiger partial charge on any atom is 0.222 e. The van der Waals surface area contributed by atoms with Crippen LogP contribution in [0.3, 0.4) is 0 Å². The number of hydrogen-bond acceptors (Lipinski definition) is 4. The SMILES string of the molecule is Cc1ccnc(NCCc2nccn2C)n1. The Balaban J connectivity index is 1.87. The second-order valence-electron chi connectivity index (χ2n) is 3.65. The summed E-state index contributed by atoms with van der Waals surface area (Å²) < 4.78 is 2.01. The van der Waals surface area contributed by atoms with Crippen molar-refractivity contribution >= 4 is 5.95 Å². The summed E-state index contributed by atoms with van der Waals surface area (Å²) in [7, 11) is 1.99. The van der Waals surface area contributed by atoms with Crippen molar-refractivity contribution in [2.24, 2.45) is 7.05 Å². The van der Waals surface area contributed by atoms with Gasteiger partial charge in [0.1, 0.15) is 5.82 Å². The molecule has 16 heavy (non-hydrogen) atoms. The van der Waals surface area contributed by atoms with E-state index < -0.39 is 0 Å². The minimum atomic E-state index is 0.675. The molecule has 1 N–H and O–H groups in total. The van der Waals surface area contributed by atoms with Crippen molar-refractivity contribution < 1.29 is 0 Å². The second kappa shape index (κ2) is 4.74. The molecular formula is C11H15N5. The van der Waals surface area contributed by atoms with E-state index in [0.717, 1.165) is 24.5 Å². The lowest BCUT2D eigenvalue weighted by Crippen LogP contribution is -2.10. The van der Waals surface area contributed by atoms with E-state index in [4.69, 9.17) is 0 Å². The molecule has 0 saturated carbocycles. The Morgan fingerprint density at radius 1 is 1.31 bits per heavy atom. The molecule has 0 spiro atoms. The molecule has 0 bridgehead atoms. The van der Waals surface area contributed by atoms with E-state index in [1.807, 2.05) is 30.8 Å². The van der Waals surface area contributed by atoms with Gasteiger partial charge in [0.05, 0.1) is 0 Å². The first-order chi connectivity index (χ1) is 7.75. The number of rotatable bonds is 4. The first-order valence-electron chi connectivity index (χ1n) is 5.25. The molecule has 0 saturated heterocycles. The number of hydrogen-bond donors (Lipinski definition) is 1. The monoisotopic (exact) mass is 217 g/mol. The van der Waals surface area contributed by atoms with Gasteiger partial charge in [-0.3, -0.25) is 0 Å². The van der Waals surface area contributed by atoms with Crippen LogP contribution in [0.1, 0.15) is 11.5 Å². The van der Waals surface area contributed by atoms with Crippen LogP contribution in [0.4, 0.5) is 5.95 Å². The van der Waals surface area contributed by atoms with E-state index in [9.17, 15) is 0 Å². The van der Waals surface area contributed by atoms with Crippen molar-refractivity contribution in [3.05, 3.63) is 36.2 Å². The summed E-state index contributed by atoms with van der Waals surface area (Å²) in [6.45, 7) is 2.74. The molecule has 0 aliphatic rings. The number of nitrogens with zero attached hydrogens (tertiary/aromatic N) is 4. The smallest absolute Gasteiger partial charge is 0.222 e. The Labute approximate surface area is 94.6 Å². The van der Waals surface area contributed by atoms with Crippen LogP contribution in [0.15, 0.2) is 24.7 Å². The lowest BCUT2D eigenvalue weighted by atomic mass is 10.4. The molecule has 2 aromatic rings. The third-order valence-corrected chi connectivity index (χ3v) is 2.35.